The standard InChI is InChI=1S/C12H16N2O.C10H14N2O4.C10H12N2O3.C5H4N2/c1-3-11-9(2)6-12(15-11)14-5-4-10(7-13)8-14;11-10(15)6-1-2-12(4-6)9-3-7(14)8(5-13)16-9;11-4-7-1-2-12(5-7)10-3-8(14)9(6-13)15-10;6-3-5-1-2-7-4-5/h4-5,8-9,11-12H,3,6H2,1-2H3;1-2,4,7-9,13-14H,3,5H2,(H2,11,15);1-2,5,8-10,13-14H,3,6H2;1-2,4,7H. The number of aliphatic hydroxyl groups is 4. The van der Waals surface area contributed by atoms with Crippen LogP contribution in [0.2, 0.25) is 0 Å². The number of nitriles is 3. The average molecular weight is 731 g/mol. The van der Waals surface area contributed by atoms with Crippen molar-refractivity contribution in [2.75, 3.05) is 13.2 Å². The third kappa shape index (κ3) is 10.9. The van der Waals surface area contributed by atoms with Gasteiger partial charge in [-0.2, -0.15) is 15.8 Å². The Labute approximate surface area is 307 Å². The molecular formula is C37H46N8O8. The molecule has 7 N–H and O–H groups in total. The van der Waals surface area contributed by atoms with Crippen LogP contribution in [0, 0.1) is 39.9 Å². The molecule has 9 unspecified atom stereocenters. The highest BCUT2D eigenvalue weighted by molar-refractivity contribution is 5.92. The maximum absolute atomic E-state index is 10.9. The van der Waals surface area contributed by atoms with Crippen LogP contribution in [-0.4, -0.2) is 88.8 Å². The predicted molar refractivity (Wildman–Crippen MR) is 188 cm³/mol. The zero-order chi connectivity index (χ0) is 38.5. The number of aromatic amines is 1. The minimum absolute atomic E-state index is 0.118. The number of nitrogens with zero attached hydrogens (tertiary/aromatic N) is 6. The van der Waals surface area contributed by atoms with Crippen molar-refractivity contribution in [3.8, 4) is 18.2 Å². The van der Waals surface area contributed by atoms with Gasteiger partial charge < -0.3 is 59.1 Å². The monoisotopic (exact) mass is 730 g/mol. The average Bonchev–Trinajstić information content (AvgIpc) is 4.01. The molecule has 0 aliphatic carbocycles. The van der Waals surface area contributed by atoms with E-state index >= 15 is 0 Å². The van der Waals surface area contributed by atoms with Crippen LogP contribution >= 0.6 is 0 Å². The van der Waals surface area contributed by atoms with Crippen LogP contribution in [0.25, 0.3) is 0 Å². The minimum atomic E-state index is -0.686. The van der Waals surface area contributed by atoms with Gasteiger partial charge in [0, 0.05) is 62.4 Å². The van der Waals surface area contributed by atoms with Crippen molar-refractivity contribution >= 4 is 5.91 Å². The molecule has 3 aliphatic heterocycles. The van der Waals surface area contributed by atoms with E-state index in [1.165, 1.54) is 0 Å². The van der Waals surface area contributed by atoms with Gasteiger partial charge in [0.1, 0.15) is 49.1 Å². The van der Waals surface area contributed by atoms with E-state index in [-0.39, 0.29) is 31.9 Å². The van der Waals surface area contributed by atoms with E-state index in [0.29, 0.717) is 47.1 Å². The summed E-state index contributed by atoms with van der Waals surface area (Å²) in [6, 6.07) is 12.9. The Bertz CT molecular complexity index is 1770. The molecule has 4 aromatic heterocycles. The molecule has 9 atom stereocenters. The van der Waals surface area contributed by atoms with Gasteiger partial charge in [0.2, 0.25) is 5.91 Å². The Morgan fingerprint density at radius 2 is 1.25 bits per heavy atom. The first-order chi connectivity index (χ1) is 25.5. The normalized spacial score (nSPS) is 27.1. The van der Waals surface area contributed by atoms with E-state index in [9.17, 15) is 15.0 Å². The Morgan fingerprint density at radius 1 is 0.774 bits per heavy atom. The van der Waals surface area contributed by atoms with E-state index in [4.69, 9.17) is 45.9 Å². The molecule has 53 heavy (non-hydrogen) atoms. The number of rotatable bonds is 7. The molecule has 7 heterocycles. The summed E-state index contributed by atoms with van der Waals surface area (Å²) >= 11 is 0. The third-order valence-corrected chi connectivity index (χ3v) is 9.12. The molecule has 16 nitrogen and oxygen atoms in total. The first kappa shape index (κ1) is 40.5. The second kappa shape index (κ2) is 19.6. The van der Waals surface area contributed by atoms with Crippen molar-refractivity contribution in [1.82, 2.24) is 18.7 Å². The molecule has 0 aromatic carbocycles. The van der Waals surface area contributed by atoms with Gasteiger partial charge in [0.15, 0.2) is 0 Å². The van der Waals surface area contributed by atoms with Crippen molar-refractivity contribution in [2.24, 2.45) is 11.7 Å². The van der Waals surface area contributed by atoms with Gasteiger partial charge >= 0.3 is 0 Å². The highest BCUT2D eigenvalue weighted by Gasteiger charge is 2.35. The van der Waals surface area contributed by atoms with Gasteiger partial charge in [0.25, 0.3) is 0 Å². The van der Waals surface area contributed by atoms with Crippen LogP contribution in [0.4, 0.5) is 0 Å². The lowest BCUT2D eigenvalue weighted by Gasteiger charge is -2.14. The molecule has 3 aliphatic rings. The SMILES string of the molecule is CCC1OC(n2ccc(C#N)c2)CC1C.N#Cc1cc[nH]c1.N#Cc1ccn(C2CC(O)C(CO)O2)c1.NC(=O)c1ccn(C2CC(O)C(CO)O2)c1. The lowest BCUT2D eigenvalue weighted by molar-refractivity contribution is -0.0442. The summed E-state index contributed by atoms with van der Waals surface area (Å²) in [7, 11) is 0. The number of amides is 1. The highest BCUT2D eigenvalue weighted by atomic mass is 16.5. The maximum Gasteiger partial charge on any atom is 0.250 e. The summed E-state index contributed by atoms with van der Waals surface area (Å²) in [5, 5.41) is 62.4. The fourth-order valence-electron chi connectivity index (χ4n) is 6.13. The highest BCUT2D eigenvalue weighted by Crippen LogP contribution is 2.35. The summed E-state index contributed by atoms with van der Waals surface area (Å²) in [6.07, 6.45) is 14.1. The molecule has 0 bridgehead atoms. The predicted octanol–water partition coefficient (Wildman–Crippen LogP) is 2.81. The van der Waals surface area contributed by atoms with E-state index in [0.717, 1.165) is 12.8 Å². The second-order valence-electron chi connectivity index (χ2n) is 12.8. The van der Waals surface area contributed by atoms with E-state index < -0.39 is 30.3 Å². The number of nitrogens with two attached hydrogens (primary N) is 1. The molecule has 7 rings (SSSR count). The number of H-pyrrole nitrogens is 1. The number of hydrogen-bond acceptors (Lipinski definition) is 11. The molecular weight excluding hydrogens is 684 g/mol. The molecule has 4 aromatic rings. The van der Waals surface area contributed by atoms with Crippen LogP contribution in [0.3, 0.4) is 0 Å². The van der Waals surface area contributed by atoms with Gasteiger partial charge in [0.05, 0.1) is 53.8 Å². The maximum atomic E-state index is 10.9. The Hall–Kier alpha value is -5.22. The largest absolute Gasteiger partial charge is 0.394 e. The van der Waals surface area contributed by atoms with Gasteiger partial charge in [-0.15, -0.1) is 0 Å². The first-order valence-corrected chi connectivity index (χ1v) is 17.2. The summed E-state index contributed by atoms with van der Waals surface area (Å²) in [6.45, 7) is 3.97. The van der Waals surface area contributed by atoms with Crippen LogP contribution < -0.4 is 5.73 Å². The van der Waals surface area contributed by atoms with Crippen LogP contribution in [0.1, 0.15) is 85.3 Å². The number of aliphatic hydroxyl groups excluding tert-OH is 4. The number of nitrogens with one attached hydrogen (secondary N) is 1. The number of carbonyl (C=O) groups is 1. The summed E-state index contributed by atoms with van der Waals surface area (Å²) in [5.74, 6) is 0.101. The van der Waals surface area contributed by atoms with Crippen molar-refractivity contribution in [3.63, 3.8) is 0 Å². The zero-order valence-corrected chi connectivity index (χ0v) is 29.5. The molecule has 0 saturated carbocycles. The minimum Gasteiger partial charge on any atom is -0.394 e. The van der Waals surface area contributed by atoms with E-state index in [2.05, 4.69) is 24.9 Å². The van der Waals surface area contributed by atoms with Gasteiger partial charge in [-0.1, -0.05) is 13.8 Å². The fraction of sp³-hybridized carbons (Fsp3) is 0.459. The van der Waals surface area contributed by atoms with Crippen molar-refractivity contribution in [1.29, 1.82) is 15.8 Å². The molecule has 0 radical (unpaired) electrons. The summed E-state index contributed by atoms with van der Waals surface area (Å²) < 4.78 is 22.2. The lowest BCUT2D eigenvalue weighted by atomic mass is 10.0. The van der Waals surface area contributed by atoms with Gasteiger partial charge in [-0.3, -0.25) is 4.79 Å². The lowest BCUT2D eigenvalue weighted by Crippen LogP contribution is -2.24. The summed E-state index contributed by atoms with van der Waals surface area (Å²) in [4.78, 5) is 13.7. The quantitative estimate of drug-likeness (QED) is 0.161. The van der Waals surface area contributed by atoms with Crippen molar-refractivity contribution < 1.29 is 39.4 Å². The molecule has 0 spiro atoms. The molecule has 16 heteroatoms. The number of carbonyl (C=O) groups excluding carboxylic acids is 1. The Kier molecular flexibility index (Phi) is 15.0. The second-order valence-corrected chi connectivity index (χ2v) is 12.8. The number of hydrogen-bond donors (Lipinski definition) is 6. The van der Waals surface area contributed by atoms with E-state index in [1.54, 1.807) is 64.5 Å². The van der Waals surface area contributed by atoms with Crippen LogP contribution in [0.15, 0.2) is 73.8 Å². The van der Waals surface area contributed by atoms with Gasteiger partial charge in [-0.25, -0.2) is 0 Å². The van der Waals surface area contributed by atoms with Crippen molar-refractivity contribution in [3.05, 3.63) is 96.1 Å². The molecule has 282 valence electrons. The molecule has 3 fully saturated rings. The smallest absolute Gasteiger partial charge is 0.250 e. The fourth-order valence-corrected chi connectivity index (χ4v) is 6.13. The number of ether oxygens (including phenoxy) is 3. The zero-order valence-electron chi connectivity index (χ0n) is 29.5. The number of aromatic nitrogens is 4. The summed E-state index contributed by atoms with van der Waals surface area (Å²) in [5.41, 5.74) is 7.45. The molecule has 1 amide bonds. The Balaban J connectivity index is 0.000000163. The van der Waals surface area contributed by atoms with Gasteiger partial charge in [-0.05, 0) is 43.0 Å². The number of primary amides is 1. The molecule has 3 saturated heterocycles. The van der Waals surface area contributed by atoms with Crippen LogP contribution in [-0.2, 0) is 14.2 Å². The third-order valence-electron chi connectivity index (χ3n) is 9.12. The van der Waals surface area contributed by atoms with Crippen molar-refractivity contribution in [2.45, 2.75) is 88.7 Å². The first-order valence-electron chi connectivity index (χ1n) is 17.2. The Morgan fingerprint density at radius 3 is 1.58 bits per heavy atom. The van der Waals surface area contributed by atoms with Crippen LogP contribution in [0.5, 0.6) is 0 Å². The topological polar surface area (TPSA) is 254 Å². The van der Waals surface area contributed by atoms with E-state index in [1.807, 2.05) is 35.2 Å².